The number of nitrogens with one attached hydrogen (secondary N) is 1. The highest BCUT2D eigenvalue weighted by molar-refractivity contribution is 4.87. The van der Waals surface area contributed by atoms with Gasteiger partial charge in [0.15, 0.2) is 0 Å². The van der Waals surface area contributed by atoms with Crippen molar-refractivity contribution in [2.24, 2.45) is 0 Å². The molecule has 1 N–H and O–H groups in total. The first-order valence-electron chi connectivity index (χ1n) is 5.26. The van der Waals surface area contributed by atoms with Crippen LogP contribution in [0, 0.1) is 0 Å². The molecule has 1 atom stereocenters. The van der Waals surface area contributed by atoms with Gasteiger partial charge in [-0.3, -0.25) is 4.90 Å². The van der Waals surface area contributed by atoms with Crippen molar-refractivity contribution in [2.75, 3.05) is 32.8 Å². The third-order valence-corrected chi connectivity index (χ3v) is 3.01. The maximum absolute atomic E-state index is 5.69. The van der Waals surface area contributed by atoms with E-state index in [9.17, 15) is 0 Å². The zero-order valence-electron chi connectivity index (χ0n) is 8.68. The average molecular weight is 184 g/mol. The molecule has 0 spiro atoms. The highest BCUT2D eigenvalue weighted by Crippen LogP contribution is 2.20. The van der Waals surface area contributed by atoms with Crippen molar-refractivity contribution >= 4 is 0 Å². The molecule has 0 aliphatic carbocycles. The molecule has 2 aliphatic rings. The van der Waals surface area contributed by atoms with Crippen molar-refractivity contribution in [1.82, 2.24) is 10.2 Å². The Morgan fingerprint density at radius 1 is 1.46 bits per heavy atom. The number of rotatable bonds is 1. The SMILES string of the molecule is CC1(C)CN(C2CCNC2)CCO1. The first kappa shape index (κ1) is 9.44. The number of nitrogens with zero attached hydrogens (tertiary/aromatic N) is 1. The van der Waals surface area contributed by atoms with Crippen molar-refractivity contribution in [3.8, 4) is 0 Å². The van der Waals surface area contributed by atoms with Gasteiger partial charge in [0.25, 0.3) is 0 Å². The largest absolute Gasteiger partial charge is 0.373 e. The maximum Gasteiger partial charge on any atom is 0.0753 e. The van der Waals surface area contributed by atoms with E-state index in [1.54, 1.807) is 0 Å². The van der Waals surface area contributed by atoms with Gasteiger partial charge in [0.2, 0.25) is 0 Å². The van der Waals surface area contributed by atoms with Crippen LogP contribution >= 0.6 is 0 Å². The Morgan fingerprint density at radius 3 is 2.92 bits per heavy atom. The highest BCUT2D eigenvalue weighted by atomic mass is 16.5. The van der Waals surface area contributed by atoms with Crippen LogP contribution in [-0.2, 0) is 4.74 Å². The molecular weight excluding hydrogens is 164 g/mol. The van der Waals surface area contributed by atoms with Crippen molar-refractivity contribution in [1.29, 1.82) is 0 Å². The molecule has 0 radical (unpaired) electrons. The number of hydrogen-bond donors (Lipinski definition) is 1. The second-order valence-corrected chi connectivity index (χ2v) is 4.73. The summed E-state index contributed by atoms with van der Waals surface area (Å²) in [4.78, 5) is 2.57. The van der Waals surface area contributed by atoms with Crippen LogP contribution in [0.5, 0.6) is 0 Å². The smallest absolute Gasteiger partial charge is 0.0753 e. The molecule has 0 aromatic carbocycles. The second-order valence-electron chi connectivity index (χ2n) is 4.73. The monoisotopic (exact) mass is 184 g/mol. The quantitative estimate of drug-likeness (QED) is 0.641. The highest BCUT2D eigenvalue weighted by Gasteiger charge is 2.32. The molecule has 76 valence electrons. The van der Waals surface area contributed by atoms with E-state index >= 15 is 0 Å². The Morgan fingerprint density at radius 2 is 2.31 bits per heavy atom. The first-order chi connectivity index (χ1) is 6.17. The maximum atomic E-state index is 5.69. The summed E-state index contributed by atoms with van der Waals surface area (Å²) in [6.07, 6.45) is 1.30. The van der Waals surface area contributed by atoms with E-state index in [0.29, 0.717) is 0 Å². The number of hydrogen-bond acceptors (Lipinski definition) is 3. The van der Waals surface area contributed by atoms with E-state index < -0.39 is 0 Å². The Balaban J connectivity index is 1.91. The summed E-state index contributed by atoms with van der Waals surface area (Å²) >= 11 is 0. The van der Waals surface area contributed by atoms with Crippen LogP contribution in [0.4, 0.5) is 0 Å². The van der Waals surface area contributed by atoms with Crippen LogP contribution in [0.15, 0.2) is 0 Å². The van der Waals surface area contributed by atoms with Crippen LogP contribution in [0.25, 0.3) is 0 Å². The van der Waals surface area contributed by atoms with Crippen molar-refractivity contribution in [3.05, 3.63) is 0 Å². The summed E-state index contributed by atoms with van der Waals surface area (Å²) in [6.45, 7) is 9.79. The van der Waals surface area contributed by atoms with E-state index in [2.05, 4.69) is 24.1 Å². The molecule has 2 rings (SSSR count). The minimum Gasteiger partial charge on any atom is -0.373 e. The van der Waals surface area contributed by atoms with Crippen LogP contribution in [-0.4, -0.2) is 49.3 Å². The average Bonchev–Trinajstić information content (AvgIpc) is 2.53. The van der Waals surface area contributed by atoms with Crippen LogP contribution in [0.1, 0.15) is 20.3 Å². The predicted octanol–water partition coefficient (Wildman–Crippen LogP) is 0.459. The lowest BCUT2D eigenvalue weighted by Gasteiger charge is -2.41. The van der Waals surface area contributed by atoms with Gasteiger partial charge in [-0.15, -0.1) is 0 Å². The molecule has 0 aromatic heterocycles. The number of morpholine rings is 1. The molecule has 2 fully saturated rings. The zero-order valence-corrected chi connectivity index (χ0v) is 8.68. The lowest BCUT2D eigenvalue weighted by Crippen LogP contribution is -2.52. The third kappa shape index (κ3) is 2.22. The molecule has 0 amide bonds. The van der Waals surface area contributed by atoms with Crippen LogP contribution < -0.4 is 5.32 Å². The molecule has 2 heterocycles. The Labute approximate surface area is 80.4 Å². The van der Waals surface area contributed by atoms with Crippen LogP contribution in [0.3, 0.4) is 0 Å². The van der Waals surface area contributed by atoms with Gasteiger partial charge in [-0.25, -0.2) is 0 Å². The topological polar surface area (TPSA) is 24.5 Å². The minimum atomic E-state index is 0.0564. The Kier molecular flexibility index (Phi) is 2.58. The molecule has 1 unspecified atom stereocenters. The van der Waals surface area contributed by atoms with Gasteiger partial charge in [0.1, 0.15) is 0 Å². The van der Waals surface area contributed by atoms with Crippen molar-refractivity contribution in [3.63, 3.8) is 0 Å². The molecule has 3 nitrogen and oxygen atoms in total. The summed E-state index contributed by atoms with van der Waals surface area (Å²) in [6, 6.07) is 0.753. The predicted molar refractivity (Wildman–Crippen MR) is 52.9 cm³/mol. The van der Waals surface area contributed by atoms with Gasteiger partial charge < -0.3 is 10.1 Å². The summed E-state index contributed by atoms with van der Waals surface area (Å²) < 4.78 is 5.69. The Bertz CT molecular complexity index is 176. The summed E-state index contributed by atoms with van der Waals surface area (Å²) in [5.74, 6) is 0. The molecular formula is C10H20N2O. The standard InChI is InChI=1S/C10H20N2O/c1-10(2)8-12(5-6-13-10)9-3-4-11-7-9/h9,11H,3-8H2,1-2H3. The van der Waals surface area contributed by atoms with E-state index in [0.717, 1.165) is 32.3 Å². The van der Waals surface area contributed by atoms with E-state index in [1.165, 1.54) is 13.0 Å². The molecule has 0 saturated carbocycles. The fraction of sp³-hybridized carbons (Fsp3) is 1.00. The van der Waals surface area contributed by atoms with Gasteiger partial charge >= 0.3 is 0 Å². The lowest BCUT2D eigenvalue weighted by atomic mass is 10.1. The van der Waals surface area contributed by atoms with Crippen LogP contribution in [0.2, 0.25) is 0 Å². The van der Waals surface area contributed by atoms with Crippen molar-refractivity contribution in [2.45, 2.75) is 31.9 Å². The Hall–Kier alpha value is -0.120. The van der Waals surface area contributed by atoms with Gasteiger partial charge in [0, 0.05) is 25.7 Å². The number of ether oxygens (including phenoxy) is 1. The third-order valence-electron chi connectivity index (χ3n) is 3.01. The molecule has 13 heavy (non-hydrogen) atoms. The molecule has 0 bridgehead atoms. The molecule has 2 saturated heterocycles. The summed E-state index contributed by atoms with van der Waals surface area (Å²) in [7, 11) is 0. The van der Waals surface area contributed by atoms with Gasteiger partial charge in [-0.05, 0) is 26.8 Å². The van der Waals surface area contributed by atoms with Crippen molar-refractivity contribution < 1.29 is 4.74 Å². The molecule has 2 aliphatic heterocycles. The van der Waals surface area contributed by atoms with Gasteiger partial charge in [-0.2, -0.15) is 0 Å². The normalized spacial score (nSPS) is 35.1. The first-order valence-corrected chi connectivity index (χ1v) is 5.26. The fourth-order valence-corrected chi connectivity index (χ4v) is 2.32. The minimum absolute atomic E-state index is 0.0564. The van der Waals surface area contributed by atoms with Gasteiger partial charge in [-0.1, -0.05) is 0 Å². The summed E-state index contributed by atoms with van der Waals surface area (Å²) in [5.41, 5.74) is 0.0564. The zero-order chi connectivity index (χ0) is 9.31. The van der Waals surface area contributed by atoms with E-state index in [-0.39, 0.29) is 5.60 Å². The summed E-state index contributed by atoms with van der Waals surface area (Å²) in [5, 5.41) is 3.41. The lowest BCUT2D eigenvalue weighted by molar-refractivity contribution is -0.0950. The van der Waals surface area contributed by atoms with E-state index in [4.69, 9.17) is 4.74 Å². The van der Waals surface area contributed by atoms with E-state index in [1.807, 2.05) is 0 Å². The molecule has 0 aromatic rings. The second kappa shape index (κ2) is 3.56. The van der Waals surface area contributed by atoms with Gasteiger partial charge in [0.05, 0.1) is 12.2 Å². The fourth-order valence-electron chi connectivity index (χ4n) is 2.32. The molecule has 3 heteroatoms.